The molecule has 120 valence electrons. The molecule has 2 atom stereocenters. The number of esters is 1. The quantitative estimate of drug-likeness (QED) is 0.855. The lowest BCUT2D eigenvalue weighted by Crippen LogP contribution is -2.14. The fraction of sp³-hybridized carbons (Fsp3) is 0.312. The maximum Gasteiger partial charge on any atom is 0.350 e. The van der Waals surface area contributed by atoms with Crippen LogP contribution < -0.4 is 5.32 Å². The summed E-state index contributed by atoms with van der Waals surface area (Å²) in [6.07, 6.45) is 0.768. The number of hydrogen-bond acceptors (Lipinski definition) is 5. The van der Waals surface area contributed by atoms with Gasteiger partial charge in [-0.15, -0.1) is 0 Å². The average Bonchev–Trinajstić information content (AvgIpc) is 3.24. The van der Waals surface area contributed by atoms with Crippen LogP contribution in [-0.4, -0.2) is 24.0 Å². The molecule has 23 heavy (non-hydrogen) atoms. The van der Waals surface area contributed by atoms with Crippen molar-refractivity contribution in [3.05, 3.63) is 45.4 Å². The Morgan fingerprint density at radius 3 is 2.83 bits per heavy atom. The van der Waals surface area contributed by atoms with Crippen molar-refractivity contribution in [1.29, 1.82) is 0 Å². The van der Waals surface area contributed by atoms with Crippen molar-refractivity contribution in [3.63, 3.8) is 0 Å². The minimum absolute atomic E-state index is 0.0971. The molecule has 0 saturated heterocycles. The van der Waals surface area contributed by atoms with E-state index in [0.717, 1.165) is 23.3 Å². The number of amides is 1. The van der Waals surface area contributed by atoms with Crippen LogP contribution in [0.5, 0.6) is 0 Å². The highest BCUT2D eigenvalue weighted by atomic mass is 35.5. The first-order chi connectivity index (χ1) is 11.0. The van der Waals surface area contributed by atoms with Crippen LogP contribution in [0.25, 0.3) is 0 Å². The second-order valence-corrected chi connectivity index (χ2v) is 6.79. The van der Waals surface area contributed by atoms with E-state index in [4.69, 9.17) is 11.6 Å². The first kappa shape index (κ1) is 16.0. The molecule has 5 nitrogen and oxygen atoms in total. The molecule has 2 aromatic rings. The molecule has 0 radical (unpaired) electrons. The summed E-state index contributed by atoms with van der Waals surface area (Å²) in [6, 6.07) is 7.57. The minimum Gasteiger partial charge on any atom is -0.465 e. The molecule has 1 aliphatic carbocycles. The van der Waals surface area contributed by atoms with Crippen LogP contribution in [0.3, 0.4) is 0 Å². The molecule has 0 bridgehead atoms. The lowest BCUT2D eigenvalue weighted by molar-refractivity contribution is -0.117. The van der Waals surface area contributed by atoms with Gasteiger partial charge in [0.25, 0.3) is 0 Å². The topological polar surface area (TPSA) is 68.3 Å². The van der Waals surface area contributed by atoms with Crippen molar-refractivity contribution in [1.82, 2.24) is 4.98 Å². The fourth-order valence-electron chi connectivity index (χ4n) is 2.53. The molecule has 0 spiro atoms. The molecular formula is C16H15ClN2O3S. The number of rotatable bonds is 4. The van der Waals surface area contributed by atoms with Crippen LogP contribution in [0.4, 0.5) is 5.13 Å². The van der Waals surface area contributed by atoms with E-state index in [1.807, 2.05) is 24.3 Å². The molecule has 1 amide bonds. The number of methoxy groups -OCH3 is 1. The Labute approximate surface area is 142 Å². The number of halogens is 1. The smallest absolute Gasteiger partial charge is 0.350 e. The van der Waals surface area contributed by atoms with Crippen LogP contribution in [0.2, 0.25) is 5.02 Å². The molecule has 1 fully saturated rings. The van der Waals surface area contributed by atoms with Gasteiger partial charge in [-0.1, -0.05) is 41.1 Å². The Bertz CT molecular complexity index is 774. The Morgan fingerprint density at radius 2 is 2.13 bits per heavy atom. The summed E-state index contributed by atoms with van der Waals surface area (Å²) >= 11 is 7.29. The number of nitrogens with zero attached hydrogens (tertiary/aromatic N) is 1. The third kappa shape index (κ3) is 3.23. The largest absolute Gasteiger partial charge is 0.465 e. The van der Waals surface area contributed by atoms with Gasteiger partial charge in [0, 0.05) is 10.9 Å². The van der Waals surface area contributed by atoms with Crippen LogP contribution in [0, 0.1) is 12.8 Å². The monoisotopic (exact) mass is 350 g/mol. The Balaban J connectivity index is 1.67. The summed E-state index contributed by atoms with van der Waals surface area (Å²) in [5, 5.41) is 3.88. The summed E-state index contributed by atoms with van der Waals surface area (Å²) in [4.78, 5) is 28.5. The average molecular weight is 351 g/mol. The Morgan fingerprint density at radius 1 is 1.39 bits per heavy atom. The molecule has 1 aromatic carbocycles. The molecule has 1 aliphatic rings. The van der Waals surface area contributed by atoms with E-state index in [1.54, 1.807) is 6.92 Å². The molecule has 1 aromatic heterocycles. The van der Waals surface area contributed by atoms with Gasteiger partial charge in [-0.3, -0.25) is 4.79 Å². The normalized spacial score (nSPS) is 19.3. The number of thiazole rings is 1. The molecule has 1 heterocycles. The van der Waals surface area contributed by atoms with Crippen molar-refractivity contribution < 1.29 is 14.3 Å². The van der Waals surface area contributed by atoms with E-state index in [9.17, 15) is 9.59 Å². The van der Waals surface area contributed by atoms with Crippen LogP contribution in [0.15, 0.2) is 24.3 Å². The summed E-state index contributed by atoms with van der Waals surface area (Å²) in [6.45, 7) is 1.71. The van der Waals surface area contributed by atoms with Crippen LogP contribution >= 0.6 is 22.9 Å². The van der Waals surface area contributed by atoms with E-state index in [1.165, 1.54) is 7.11 Å². The number of anilines is 1. The predicted molar refractivity (Wildman–Crippen MR) is 89.1 cm³/mol. The van der Waals surface area contributed by atoms with Crippen molar-refractivity contribution in [2.24, 2.45) is 5.92 Å². The molecule has 3 rings (SSSR count). The molecule has 1 saturated carbocycles. The van der Waals surface area contributed by atoms with Gasteiger partial charge in [-0.05, 0) is 30.9 Å². The first-order valence-electron chi connectivity index (χ1n) is 7.12. The number of carbonyl (C=O) groups is 2. The lowest BCUT2D eigenvalue weighted by Gasteiger charge is -2.03. The predicted octanol–water partition coefficient (Wildman–Crippen LogP) is 3.63. The number of aryl methyl sites for hydroxylation is 1. The van der Waals surface area contributed by atoms with Gasteiger partial charge in [0.05, 0.1) is 12.8 Å². The molecule has 0 aliphatic heterocycles. The maximum atomic E-state index is 12.3. The van der Waals surface area contributed by atoms with Gasteiger partial charge in [-0.2, -0.15) is 0 Å². The summed E-state index contributed by atoms with van der Waals surface area (Å²) in [5.74, 6) is -0.508. The zero-order valence-electron chi connectivity index (χ0n) is 12.6. The first-order valence-corrected chi connectivity index (χ1v) is 8.31. The van der Waals surface area contributed by atoms with E-state index in [0.29, 0.717) is 20.7 Å². The van der Waals surface area contributed by atoms with E-state index in [2.05, 4.69) is 15.0 Å². The van der Waals surface area contributed by atoms with Crippen LogP contribution in [0.1, 0.15) is 33.3 Å². The van der Waals surface area contributed by atoms with Gasteiger partial charge in [-0.25, -0.2) is 9.78 Å². The Hall–Kier alpha value is -1.92. The van der Waals surface area contributed by atoms with Gasteiger partial charge < -0.3 is 10.1 Å². The van der Waals surface area contributed by atoms with Crippen molar-refractivity contribution in [2.45, 2.75) is 19.3 Å². The number of aromatic nitrogens is 1. The van der Waals surface area contributed by atoms with Crippen molar-refractivity contribution in [2.75, 3.05) is 12.4 Å². The summed E-state index contributed by atoms with van der Waals surface area (Å²) < 4.78 is 4.69. The minimum atomic E-state index is -0.444. The van der Waals surface area contributed by atoms with Gasteiger partial charge in [0.15, 0.2) is 5.13 Å². The van der Waals surface area contributed by atoms with Gasteiger partial charge in [0.2, 0.25) is 5.91 Å². The second-order valence-electron chi connectivity index (χ2n) is 5.38. The number of benzene rings is 1. The van der Waals surface area contributed by atoms with Crippen molar-refractivity contribution in [3.8, 4) is 0 Å². The standard InChI is InChI=1S/C16H15ClN2O3S/c1-8-13(15(21)22-2)23-16(18-8)19-14(20)11-7-10(11)9-5-3-4-6-12(9)17/h3-6,10-11H,7H2,1-2H3,(H,18,19,20)/t10-,11-/m0/s1. The van der Waals surface area contributed by atoms with Gasteiger partial charge >= 0.3 is 5.97 Å². The fourth-order valence-corrected chi connectivity index (χ4v) is 3.70. The number of ether oxygens (including phenoxy) is 1. The zero-order chi connectivity index (χ0) is 16.6. The van der Waals surface area contributed by atoms with Gasteiger partial charge in [0.1, 0.15) is 4.88 Å². The highest BCUT2D eigenvalue weighted by Crippen LogP contribution is 2.50. The number of nitrogens with one attached hydrogen (secondary N) is 1. The third-order valence-corrected chi connectivity index (χ3v) is 5.23. The zero-order valence-corrected chi connectivity index (χ0v) is 14.2. The van der Waals surface area contributed by atoms with E-state index < -0.39 is 5.97 Å². The van der Waals surface area contributed by atoms with Crippen molar-refractivity contribution >= 4 is 39.9 Å². The van der Waals surface area contributed by atoms with E-state index >= 15 is 0 Å². The second kappa shape index (κ2) is 6.29. The third-order valence-electron chi connectivity index (χ3n) is 3.83. The Kier molecular flexibility index (Phi) is 4.37. The van der Waals surface area contributed by atoms with E-state index in [-0.39, 0.29) is 17.7 Å². The lowest BCUT2D eigenvalue weighted by atomic mass is 10.1. The highest BCUT2D eigenvalue weighted by Gasteiger charge is 2.45. The van der Waals surface area contributed by atoms with Crippen LogP contribution in [-0.2, 0) is 9.53 Å². The molecule has 1 N–H and O–H groups in total. The number of carbonyl (C=O) groups excluding carboxylic acids is 2. The number of hydrogen-bond donors (Lipinski definition) is 1. The molecular weight excluding hydrogens is 336 g/mol. The SMILES string of the molecule is COC(=O)c1sc(NC(=O)[C@H]2C[C@H]2c2ccccc2Cl)nc1C. The highest BCUT2D eigenvalue weighted by molar-refractivity contribution is 7.17. The molecule has 0 unspecified atom stereocenters. The summed E-state index contributed by atoms with van der Waals surface area (Å²) in [7, 11) is 1.32. The maximum absolute atomic E-state index is 12.3. The summed E-state index contributed by atoms with van der Waals surface area (Å²) in [5.41, 5.74) is 1.55. The molecule has 7 heteroatoms.